The molecule has 2 N–H and O–H groups in total. The van der Waals surface area contributed by atoms with Crippen molar-refractivity contribution in [2.24, 2.45) is 0 Å². The van der Waals surface area contributed by atoms with Crippen molar-refractivity contribution >= 4 is 11.6 Å². The van der Waals surface area contributed by atoms with Gasteiger partial charge in [-0.15, -0.1) is 0 Å². The first-order valence-corrected chi connectivity index (χ1v) is 8.12. The molecule has 1 atom stereocenters. The molecule has 0 aliphatic carbocycles. The molecule has 2 aromatic rings. The fraction of sp³-hybridized carbons (Fsp3) is 0.389. The van der Waals surface area contributed by atoms with Gasteiger partial charge in [0.15, 0.2) is 5.82 Å². The maximum atomic E-state index is 11.6. The number of anilines is 1. The number of aliphatic hydroxyl groups is 1. The van der Waals surface area contributed by atoms with Crippen LogP contribution in [0.1, 0.15) is 36.9 Å². The first kappa shape index (κ1) is 19.6. The van der Waals surface area contributed by atoms with Gasteiger partial charge in [0, 0.05) is 24.7 Å². The summed E-state index contributed by atoms with van der Waals surface area (Å²) in [6.45, 7) is 4.11. The number of nitrogens with one attached hydrogen (secondary N) is 1. The van der Waals surface area contributed by atoms with Gasteiger partial charge in [0.25, 0.3) is 0 Å². The Bertz CT molecular complexity index is 744. The second-order valence-electron chi connectivity index (χ2n) is 5.41. The van der Waals surface area contributed by atoms with Crippen LogP contribution in [0.3, 0.4) is 0 Å². The normalized spacial score (nSPS) is 11.7. The Kier molecular flexibility index (Phi) is 6.88. The van der Waals surface area contributed by atoms with Crippen molar-refractivity contribution in [3.63, 3.8) is 0 Å². The van der Waals surface area contributed by atoms with Crippen molar-refractivity contribution in [1.29, 1.82) is 0 Å². The van der Waals surface area contributed by atoms with Crippen LogP contribution in [-0.4, -0.2) is 41.8 Å². The average molecular weight is 361 g/mol. The third-order valence-electron chi connectivity index (χ3n) is 3.60. The summed E-state index contributed by atoms with van der Waals surface area (Å²) in [4.78, 5) is 20.0. The molecule has 8 heteroatoms. The van der Waals surface area contributed by atoms with E-state index < -0.39 is 6.10 Å². The number of nitrogens with zero attached hydrogens (tertiary/aromatic N) is 2. The summed E-state index contributed by atoms with van der Waals surface area (Å²) in [7, 11) is 2.92. The molecule has 1 unspecified atom stereocenters. The highest BCUT2D eigenvalue weighted by Crippen LogP contribution is 2.31. The first-order chi connectivity index (χ1) is 12.5. The van der Waals surface area contributed by atoms with E-state index in [2.05, 4.69) is 15.3 Å². The van der Waals surface area contributed by atoms with Crippen LogP contribution in [0, 0.1) is 0 Å². The van der Waals surface area contributed by atoms with E-state index in [-0.39, 0.29) is 23.5 Å². The summed E-state index contributed by atoms with van der Waals surface area (Å²) in [5.74, 6) is 0.364. The highest BCUT2D eigenvalue weighted by Gasteiger charge is 2.22. The first-order valence-electron chi connectivity index (χ1n) is 8.12. The van der Waals surface area contributed by atoms with Crippen LogP contribution in [-0.2, 0) is 16.1 Å². The standard InChI is InChI=1S/C18H23N3O5/c1-5-26-10-12-7-6-8-13(16(12)19-11(2)22)17(23)18-20-14(24-3)9-15(21-18)25-4/h6-9,17,23H,5,10H2,1-4H3,(H,19,22). The topological polar surface area (TPSA) is 103 Å². The number of rotatable bonds is 8. The lowest BCUT2D eigenvalue weighted by atomic mass is 10.0. The molecule has 0 radical (unpaired) electrons. The third-order valence-corrected chi connectivity index (χ3v) is 3.60. The predicted molar refractivity (Wildman–Crippen MR) is 95.3 cm³/mol. The monoisotopic (exact) mass is 361 g/mol. The Morgan fingerprint density at radius 2 is 1.88 bits per heavy atom. The number of para-hydroxylation sites is 1. The number of hydrogen-bond donors (Lipinski definition) is 2. The van der Waals surface area contributed by atoms with Crippen molar-refractivity contribution in [1.82, 2.24) is 9.97 Å². The van der Waals surface area contributed by atoms with Gasteiger partial charge >= 0.3 is 0 Å². The molecule has 8 nitrogen and oxygen atoms in total. The largest absolute Gasteiger partial charge is 0.481 e. The Hall–Kier alpha value is -2.71. The van der Waals surface area contributed by atoms with Gasteiger partial charge in [-0.25, -0.2) is 0 Å². The number of aromatic nitrogens is 2. The van der Waals surface area contributed by atoms with Crippen LogP contribution in [0.4, 0.5) is 5.69 Å². The average Bonchev–Trinajstić information content (AvgIpc) is 2.65. The lowest BCUT2D eigenvalue weighted by Gasteiger charge is -2.19. The molecule has 0 bridgehead atoms. The van der Waals surface area contributed by atoms with E-state index in [1.165, 1.54) is 27.2 Å². The summed E-state index contributed by atoms with van der Waals surface area (Å²) >= 11 is 0. The van der Waals surface area contributed by atoms with Crippen molar-refractivity contribution in [2.45, 2.75) is 26.6 Å². The van der Waals surface area contributed by atoms with Crippen molar-refractivity contribution in [2.75, 3.05) is 26.1 Å². The Morgan fingerprint density at radius 1 is 1.23 bits per heavy atom. The third kappa shape index (κ3) is 4.68. The second-order valence-corrected chi connectivity index (χ2v) is 5.41. The number of methoxy groups -OCH3 is 2. The van der Waals surface area contributed by atoms with E-state index >= 15 is 0 Å². The molecule has 1 heterocycles. The van der Waals surface area contributed by atoms with Crippen LogP contribution in [0.15, 0.2) is 24.3 Å². The second kappa shape index (κ2) is 9.12. The fourth-order valence-electron chi connectivity index (χ4n) is 2.40. The molecule has 0 spiro atoms. The van der Waals surface area contributed by atoms with Gasteiger partial charge in [0.2, 0.25) is 17.7 Å². The number of ether oxygens (including phenoxy) is 3. The summed E-state index contributed by atoms with van der Waals surface area (Å²) in [5, 5.41) is 13.6. The maximum absolute atomic E-state index is 11.6. The van der Waals surface area contributed by atoms with E-state index in [1.807, 2.05) is 13.0 Å². The number of benzene rings is 1. The summed E-state index contributed by atoms with van der Waals surface area (Å²) in [6, 6.07) is 6.80. The fourth-order valence-corrected chi connectivity index (χ4v) is 2.40. The van der Waals surface area contributed by atoms with E-state index in [4.69, 9.17) is 14.2 Å². The summed E-state index contributed by atoms with van der Waals surface area (Å²) < 4.78 is 15.7. The number of carbonyl (C=O) groups is 1. The minimum absolute atomic E-state index is 0.0985. The number of hydrogen-bond acceptors (Lipinski definition) is 7. The summed E-state index contributed by atoms with van der Waals surface area (Å²) in [6.07, 6.45) is -1.19. The molecule has 0 saturated carbocycles. The Labute approximate surface area is 152 Å². The number of aliphatic hydroxyl groups excluding tert-OH is 1. The van der Waals surface area contributed by atoms with Gasteiger partial charge < -0.3 is 24.6 Å². The molecule has 26 heavy (non-hydrogen) atoms. The predicted octanol–water partition coefficient (Wildman–Crippen LogP) is 2.07. The quantitative estimate of drug-likeness (QED) is 0.742. The zero-order valence-electron chi connectivity index (χ0n) is 15.3. The Morgan fingerprint density at radius 3 is 2.42 bits per heavy atom. The molecular formula is C18H23N3O5. The van der Waals surface area contributed by atoms with Gasteiger partial charge in [-0.2, -0.15) is 9.97 Å². The van der Waals surface area contributed by atoms with Crippen LogP contribution in [0.25, 0.3) is 0 Å². The molecule has 2 rings (SSSR count). The maximum Gasteiger partial charge on any atom is 0.221 e. The highest BCUT2D eigenvalue weighted by molar-refractivity contribution is 5.90. The molecule has 0 aliphatic heterocycles. The minimum atomic E-state index is -1.19. The zero-order valence-corrected chi connectivity index (χ0v) is 15.3. The Balaban J connectivity index is 2.50. The van der Waals surface area contributed by atoms with Gasteiger partial charge in [-0.05, 0) is 6.92 Å². The van der Waals surface area contributed by atoms with Crippen molar-refractivity contribution in [3.05, 3.63) is 41.2 Å². The van der Waals surface area contributed by atoms with Crippen molar-refractivity contribution in [3.8, 4) is 11.8 Å². The zero-order chi connectivity index (χ0) is 19.1. The number of amides is 1. The van der Waals surface area contributed by atoms with Gasteiger partial charge in [0.1, 0.15) is 6.10 Å². The molecule has 1 amide bonds. The molecular weight excluding hydrogens is 338 g/mol. The molecule has 0 fully saturated rings. The van der Waals surface area contributed by atoms with Crippen molar-refractivity contribution < 1.29 is 24.1 Å². The molecule has 0 saturated heterocycles. The highest BCUT2D eigenvalue weighted by atomic mass is 16.5. The van der Waals surface area contributed by atoms with E-state index in [0.29, 0.717) is 24.5 Å². The number of carbonyl (C=O) groups excluding carboxylic acids is 1. The van der Waals surface area contributed by atoms with E-state index in [9.17, 15) is 9.90 Å². The molecule has 1 aromatic carbocycles. The summed E-state index contributed by atoms with van der Waals surface area (Å²) in [5.41, 5.74) is 1.67. The minimum Gasteiger partial charge on any atom is -0.481 e. The van der Waals surface area contributed by atoms with Crippen LogP contribution in [0.2, 0.25) is 0 Å². The van der Waals surface area contributed by atoms with Gasteiger partial charge in [-0.1, -0.05) is 18.2 Å². The SMILES string of the molecule is CCOCc1cccc(C(O)c2nc(OC)cc(OC)n2)c1NC(C)=O. The molecule has 0 aliphatic rings. The smallest absolute Gasteiger partial charge is 0.221 e. The van der Waals surface area contributed by atoms with Gasteiger partial charge in [0.05, 0.1) is 32.6 Å². The lowest BCUT2D eigenvalue weighted by Crippen LogP contribution is -2.15. The van der Waals surface area contributed by atoms with Gasteiger partial charge in [-0.3, -0.25) is 4.79 Å². The lowest BCUT2D eigenvalue weighted by molar-refractivity contribution is -0.114. The van der Waals surface area contributed by atoms with Crippen LogP contribution in [0.5, 0.6) is 11.8 Å². The van der Waals surface area contributed by atoms with E-state index in [1.54, 1.807) is 12.1 Å². The van der Waals surface area contributed by atoms with Crippen LogP contribution >= 0.6 is 0 Å². The van der Waals surface area contributed by atoms with Crippen LogP contribution < -0.4 is 14.8 Å². The molecule has 140 valence electrons. The van der Waals surface area contributed by atoms with E-state index in [0.717, 1.165) is 5.56 Å². The molecule has 1 aromatic heterocycles.